The van der Waals surface area contributed by atoms with Crippen LogP contribution in [0.5, 0.6) is 0 Å². The third-order valence-electron chi connectivity index (χ3n) is 3.28. The topological polar surface area (TPSA) is 67.0 Å². The highest BCUT2D eigenvalue weighted by Gasteiger charge is 2.24. The molecule has 1 saturated heterocycles. The van der Waals surface area contributed by atoms with Crippen LogP contribution in [0.4, 0.5) is 5.82 Å². The maximum absolute atomic E-state index is 12.0. The van der Waals surface area contributed by atoms with Crippen LogP contribution in [0, 0.1) is 9.49 Å². The lowest BCUT2D eigenvalue weighted by molar-refractivity contribution is -0.119. The third kappa shape index (κ3) is 3.01. The Hall–Kier alpha value is -1.41. The summed E-state index contributed by atoms with van der Waals surface area (Å²) in [6.07, 6.45) is 0.778. The van der Waals surface area contributed by atoms with Crippen molar-refractivity contribution in [3.63, 3.8) is 0 Å². The SMILES string of the molecule is O=C(Nc1cc(-c2ccc(I)cc2)[nH]n1)[C@@H]1CCOC1. The third-order valence-corrected chi connectivity index (χ3v) is 4.00. The van der Waals surface area contributed by atoms with Gasteiger partial charge in [-0.05, 0) is 46.7 Å². The number of hydrogen-bond acceptors (Lipinski definition) is 3. The summed E-state index contributed by atoms with van der Waals surface area (Å²) in [6, 6.07) is 9.95. The quantitative estimate of drug-likeness (QED) is 0.801. The molecule has 1 aromatic carbocycles. The van der Waals surface area contributed by atoms with Gasteiger partial charge in [0.2, 0.25) is 5.91 Å². The fourth-order valence-corrected chi connectivity index (χ4v) is 2.49. The van der Waals surface area contributed by atoms with Crippen LogP contribution < -0.4 is 5.32 Å². The number of carbonyl (C=O) groups excluding carboxylic acids is 1. The lowest BCUT2D eigenvalue weighted by Crippen LogP contribution is -2.22. The summed E-state index contributed by atoms with van der Waals surface area (Å²) in [5.41, 5.74) is 1.93. The molecule has 0 spiro atoms. The molecule has 0 bridgehead atoms. The van der Waals surface area contributed by atoms with E-state index < -0.39 is 0 Å². The van der Waals surface area contributed by atoms with Crippen molar-refractivity contribution in [3.05, 3.63) is 33.9 Å². The molecule has 0 saturated carbocycles. The average Bonchev–Trinajstić information content (AvgIpc) is 3.10. The molecule has 2 aromatic rings. The first-order valence-corrected chi connectivity index (χ1v) is 7.50. The van der Waals surface area contributed by atoms with Gasteiger partial charge in [0.05, 0.1) is 18.2 Å². The van der Waals surface area contributed by atoms with Gasteiger partial charge in [0.1, 0.15) is 0 Å². The maximum Gasteiger partial charge on any atom is 0.231 e. The highest BCUT2D eigenvalue weighted by atomic mass is 127. The molecule has 1 aliphatic rings. The minimum absolute atomic E-state index is 0.0249. The van der Waals surface area contributed by atoms with Crippen LogP contribution in [0.15, 0.2) is 30.3 Å². The predicted octanol–water partition coefficient (Wildman–Crippen LogP) is 2.66. The number of carbonyl (C=O) groups is 1. The van der Waals surface area contributed by atoms with Crippen molar-refractivity contribution in [2.24, 2.45) is 5.92 Å². The number of aromatic nitrogens is 2. The van der Waals surface area contributed by atoms with Gasteiger partial charge in [-0.1, -0.05) is 12.1 Å². The van der Waals surface area contributed by atoms with Gasteiger partial charge in [-0.3, -0.25) is 9.89 Å². The van der Waals surface area contributed by atoms with E-state index in [0.717, 1.165) is 17.7 Å². The fraction of sp³-hybridized carbons (Fsp3) is 0.286. The minimum Gasteiger partial charge on any atom is -0.381 e. The zero-order valence-corrected chi connectivity index (χ0v) is 12.9. The van der Waals surface area contributed by atoms with Gasteiger partial charge in [0.15, 0.2) is 5.82 Å². The second-order valence-corrected chi connectivity index (χ2v) is 5.97. The van der Waals surface area contributed by atoms with Crippen LogP contribution in [-0.4, -0.2) is 29.3 Å². The Morgan fingerprint density at radius 3 is 2.90 bits per heavy atom. The van der Waals surface area contributed by atoms with Crippen LogP contribution in [0.25, 0.3) is 11.3 Å². The highest BCUT2D eigenvalue weighted by Crippen LogP contribution is 2.21. The molecule has 1 aromatic heterocycles. The minimum atomic E-state index is -0.0616. The van der Waals surface area contributed by atoms with E-state index in [-0.39, 0.29) is 11.8 Å². The molecule has 5 nitrogen and oxygen atoms in total. The van der Waals surface area contributed by atoms with Gasteiger partial charge in [-0.2, -0.15) is 5.10 Å². The van der Waals surface area contributed by atoms with E-state index in [1.165, 1.54) is 3.57 Å². The second-order valence-electron chi connectivity index (χ2n) is 4.72. The lowest BCUT2D eigenvalue weighted by atomic mass is 10.1. The number of amides is 1. The Bertz CT molecular complexity index is 603. The largest absolute Gasteiger partial charge is 0.381 e. The average molecular weight is 383 g/mol. The summed E-state index contributed by atoms with van der Waals surface area (Å²) >= 11 is 2.26. The lowest BCUT2D eigenvalue weighted by Gasteiger charge is -2.05. The van der Waals surface area contributed by atoms with Crippen molar-refractivity contribution in [1.29, 1.82) is 0 Å². The molecule has 1 atom stereocenters. The zero-order valence-electron chi connectivity index (χ0n) is 10.7. The van der Waals surface area contributed by atoms with Crippen molar-refractivity contribution >= 4 is 34.3 Å². The summed E-state index contributed by atoms with van der Waals surface area (Å²) in [7, 11) is 0. The van der Waals surface area contributed by atoms with Gasteiger partial charge in [0.25, 0.3) is 0 Å². The number of rotatable bonds is 3. The van der Waals surface area contributed by atoms with Crippen LogP contribution in [0.2, 0.25) is 0 Å². The molecule has 0 unspecified atom stereocenters. The molecule has 104 valence electrons. The Kier molecular flexibility index (Phi) is 4.02. The molecule has 0 radical (unpaired) electrons. The number of aromatic amines is 1. The first-order chi connectivity index (χ1) is 9.72. The van der Waals surface area contributed by atoms with E-state index in [2.05, 4.69) is 38.1 Å². The summed E-state index contributed by atoms with van der Waals surface area (Å²) in [6.45, 7) is 1.16. The predicted molar refractivity (Wildman–Crippen MR) is 84.3 cm³/mol. The maximum atomic E-state index is 12.0. The number of nitrogens with zero attached hydrogens (tertiary/aromatic N) is 1. The molecule has 2 N–H and O–H groups in total. The Morgan fingerprint density at radius 1 is 1.40 bits per heavy atom. The Morgan fingerprint density at radius 2 is 2.20 bits per heavy atom. The number of benzene rings is 1. The highest BCUT2D eigenvalue weighted by molar-refractivity contribution is 14.1. The molecule has 1 amide bonds. The molecule has 3 rings (SSSR count). The molecule has 0 aliphatic carbocycles. The molecule has 6 heteroatoms. The van der Waals surface area contributed by atoms with Crippen LogP contribution in [0.3, 0.4) is 0 Å². The van der Waals surface area contributed by atoms with E-state index >= 15 is 0 Å². The van der Waals surface area contributed by atoms with Gasteiger partial charge >= 0.3 is 0 Å². The normalized spacial score (nSPS) is 18.1. The Balaban J connectivity index is 1.70. The smallest absolute Gasteiger partial charge is 0.231 e. The van der Waals surface area contributed by atoms with Crippen LogP contribution in [0.1, 0.15) is 6.42 Å². The number of halogens is 1. The number of H-pyrrole nitrogens is 1. The van der Waals surface area contributed by atoms with Crippen LogP contribution in [-0.2, 0) is 9.53 Å². The number of nitrogens with one attached hydrogen (secondary N) is 2. The summed E-state index contributed by atoms with van der Waals surface area (Å²) < 4.78 is 6.39. The first kappa shape index (κ1) is 13.6. The molecular formula is C14H14IN3O2. The summed E-state index contributed by atoms with van der Waals surface area (Å²) in [4.78, 5) is 12.0. The van der Waals surface area contributed by atoms with Crippen molar-refractivity contribution in [3.8, 4) is 11.3 Å². The van der Waals surface area contributed by atoms with E-state index in [1.807, 2.05) is 30.3 Å². The molecule has 2 heterocycles. The van der Waals surface area contributed by atoms with E-state index in [4.69, 9.17) is 4.74 Å². The van der Waals surface area contributed by atoms with Crippen molar-refractivity contribution in [2.75, 3.05) is 18.5 Å². The molecule has 1 fully saturated rings. The summed E-state index contributed by atoms with van der Waals surface area (Å²) in [5.74, 6) is 0.465. The standard InChI is InChI=1S/C14H14IN3O2/c15-11-3-1-9(2-4-11)12-7-13(18-17-12)16-14(19)10-5-6-20-8-10/h1-4,7,10H,5-6,8H2,(H2,16,17,18,19)/t10-/m1/s1. The van der Waals surface area contributed by atoms with E-state index in [0.29, 0.717) is 19.0 Å². The Labute approximate surface area is 130 Å². The van der Waals surface area contributed by atoms with Gasteiger partial charge in [-0.15, -0.1) is 0 Å². The van der Waals surface area contributed by atoms with Crippen LogP contribution >= 0.6 is 22.6 Å². The van der Waals surface area contributed by atoms with Gasteiger partial charge in [-0.25, -0.2) is 0 Å². The van der Waals surface area contributed by atoms with Gasteiger partial charge < -0.3 is 10.1 Å². The number of anilines is 1. The first-order valence-electron chi connectivity index (χ1n) is 6.42. The number of ether oxygens (including phenoxy) is 1. The van der Waals surface area contributed by atoms with Crippen molar-refractivity contribution < 1.29 is 9.53 Å². The van der Waals surface area contributed by atoms with E-state index in [1.54, 1.807) is 0 Å². The van der Waals surface area contributed by atoms with E-state index in [9.17, 15) is 4.79 Å². The summed E-state index contributed by atoms with van der Waals surface area (Å²) in [5, 5.41) is 9.89. The molecule has 20 heavy (non-hydrogen) atoms. The van der Waals surface area contributed by atoms with Crippen molar-refractivity contribution in [1.82, 2.24) is 10.2 Å². The van der Waals surface area contributed by atoms with Gasteiger partial charge in [0, 0.05) is 16.2 Å². The molecule has 1 aliphatic heterocycles. The monoisotopic (exact) mass is 383 g/mol. The fourth-order valence-electron chi connectivity index (χ4n) is 2.13. The van der Waals surface area contributed by atoms with Crippen molar-refractivity contribution in [2.45, 2.75) is 6.42 Å². The molecular weight excluding hydrogens is 369 g/mol. The zero-order chi connectivity index (χ0) is 13.9. The second kappa shape index (κ2) is 5.92. The number of hydrogen-bond donors (Lipinski definition) is 2.